The van der Waals surface area contributed by atoms with Crippen molar-refractivity contribution in [1.29, 1.82) is 5.26 Å². The van der Waals surface area contributed by atoms with E-state index in [1.165, 1.54) is 81.5 Å². The Kier molecular flexibility index (Phi) is 5.77. The van der Waals surface area contributed by atoms with Gasteiger partial charge in [0.05, 0.1) is 22.7 Å². The number of hydrogen-bond donors (Lipinski definition) is 0. The maximum atomic E-state index is 9.97. The molecule has 11 rings (SSSR count). The van der Waals surface area contributed by atoms with Gasteiger partial charge >= 0.3 is 0 Å². The number of nitriles is 1. The summed E-state index contributed by atoms with van der Waals surface area (Å²) in [6.45, 7) is 0. The monoisotopic (exact) mass is 644 g/mol. The third-order valence-electron chi connectivity index (χ3n) is 10.9. The molecule has 0 aliphatic rings. The summed E-state index contributed by atoms with van der Waals surface area (Å²) in [4.78, 5) is 0. The number of fused-ring (bicyclic) bond motifs is 6. The zero-order valence-electron chi connectivity index (χ0n) is 27.6. The molecule has 234 valence electrons. The van der Waals surface area contributed by atoms with Crippen molar-refractivity contribution < 1.29 is 0 Å². The SMILES string of the molecule is N#Cc1cc2ccc3cc(-c4cc5c6ccccc6c(-c6cccc7ccccc67)cc5c5ccccc45)cc4c3c2c(c1)n4-c1ccccc1. The lowest BCUT2D eigenvalue weighted by atomic mass is 9.86. The highest BCUT2D eigenvalue weighted by molar-refractivity contribution is 6.27. The van der Waals surface area contributed by atoms with Gasteiger partial charge in [-0.15, -0.1) is 0 Å². The Bertz CT molecular complexity index is 3240. The van der Waals surface area contributed by atoms with Gasteiger partial charge in [0.2, 0.25) is 0 Å². The third-order valence-corrected chi connectivity index (χ3v) is 10.9. The van der Waals surface area contributed by atoms with E-state index in [1.54, 1.807) is 0 Å². The van der Waals surface area contributed by atoms with Crippen LogP contribution in [0.3, 0.4) is 0 Å². The topological polar surface area (TPSA) is 28.7 Å². The van der Waals surface area contributed by atoms with Crippen molar-refractivity contribution >= 4 is 75.7 Å². The molecule has 0 bridgehead atoms. The maximum absolute atomic E-state index is 9.97. The lowest BCUT2D eigenvalue weighted by Gasteiger charge is -2.17. The fourth-order valence-electron chi connectivity index (χ4n) is 8.72. The number of aromatic nitrogens is 1. The van der Waals surface area contributed by atoms with Gasteiger partial charge in [0.15, 0.2) is 0 Å². The summed E-state index contributed by atoms with van der Waals surface area (Å²) in [5.41, 5.74) is 8.84. The normalized spacial score (nSPS) is 11.9. The van der Waals surface area contributed by atoms with Crippen molar-refractivity contribution in [2.24, 2.45) is 0 Å². The molecule has 51 heavy (non-hydrogen) atoms. The first-order valence-electron chi connectivity index (χ1n) is 17.4. The smallest absolute Gasteiger partial charge is 0.0992 e. The summed E-state index contributed by atoms with van der Waals surface area (Å²) >= 11 is 0. The number of para-hydroxylation sites is 1. The van der Waals surface area contributed by atoms with Crippen LogP contribution < -0.4 is 0 Å². The Hall–Kier alpha value is -6.95. The molecule has 0 atom stereocenters. The highest BCUT2D eigenvalue weighted by Gasteiger charge is 2.21. The number of benzene rings is 10. The van der Waals surface area contributed by atoms with Crippen molar-refractivity contribution in [3.8, 4) is 34.0 Å². The second-order valence-corrected chi connectivity index (χ2v) is 13.6. The minimum atomic E-state index is 0.668. The minimum absolute atomic E-state index is 0.668. The largest absolute Gasteiger partial charge is 0.309 e. The first-order chi connectivity index (χ1) is 25.2. The molecular weight excluding hydrogens is 617 g/mol. The molecule has 0 saturated carbocycles. The summed E-state index contributed by atoms with van der Waals surface area (Å²) in [6.07, 6.45) is 0. The van der Waals surface area contributed by atoms with E-state index in [-0.39, 0.29) is 0 Å². The third kappa shape index (κ3) is 3.98. The van der Waals surface area contributed by atoms with Crippen LogP contribution in [0, 0.1) is 11.3 Å². The van der Waals surface area contributed by atoms with E-state index in [0.717, 1.165) is 22.1 Å². The molecule has 0 unspecified atom stereocenters. The van der Waals surface area contributed by atoms with Gasteiger partial charge in [0.1, 0.15) is 0 Å². The van der Waals surface area contributed by atoms with E-state index in [9.17, 15) is 5.26 Å². The predicted molar refractivity (Wildman–Crippen MR) is 215 cm³/mol. The Balaban J connectivity index is 1.26. The number of nitrogens with zero attached hydrogens (tertiary/aromatic N) is 2. The molecule has 0 spiro atoms. The maximum Gasteiger partial charge on any atom is 0.0992 e. The van der Waals surface area contributed by atoms with Gasteiger partial charge in [-0.25, -0.2) is 0 Å². The fraction of sp³-hybridized carbons (Fsp3) is 0. The number of hydrogen-bond acceptors (Lipinski definition) is 1. The molecule has 1 heterocycles. The summed E-state index contributed by atoms with van der Waals surface area (Å²) in [5.74, 6) is 0. The van der Waals surface area contributed by atoms with Crippen LogP contribution in [-0.4, -0.2) is 4.57 Å². The van der Waals surface area contributed by atoms with Crippen LogP contribution in [0.5, 0.6) is 0 Å². The van der Waals surface area contributed by atoms with Crippen molar-refractivity contribution in [2.45, 2.75) is 0 Å². The highest BCUT2D eigenvalue weighted by Crippen LogP contribution is 2.46. The molecule has 10 aromatic carbocycles. The molecule has 0 aliphatic heterocycles. The van der Waals surface area contributed by atoms with Crippen molar-refractivity contribution in [3.05, 3.63) is 175 Å². The van der Waals surface area contributed by atoms with Crippen LogP contribution in [0.1, 0.15) is 5.56 Å². The zero-order chi connectivity index (χ0) is 33.6. The fourth-order valence-corrected chi connectivity index (χ4v) is 8.72. The molecule has 11 aromatic rings. The van der Waals surface area contributed by atoms with E-state index in [0.29, 0.717) is 5.56 Å². The van der Waals surface area contributed by atoms with Gasteiger partial charge < -0.3 is 4.57 Å². The van der Waals surface area contributed by atoms with Crippen LogP contribution in [0.2, 0.25) is 0 Å². The lowest BCUT2D eigenvalue weighted by Crippen LogP contribution is -1.94. The molecule has 0 N–H and O–H groups in total. The Morgan fingerprint density at radius 2 is 0.941 bits per heavy atom. The van der Waals surface area contributed by atoms with E-state index in [1.807, 2.05) is 12.1 Å². The molecular formula is C49H28N2. The van der Waals surface area contributed by atoms with E-state index >= 15 is 0 Å². The predicted octanol–water partition coefficient (Wildman–Crippen LogP) is 13.2. The standard InChI is InChI=1S/C49H28N2/c50-29-30-23-32-21-22-33-25-34(26-47-49(33)48(32)46(24-30)51(47)35-13-2-1-3-14-35)42-27-44-41-19-9-8-18-40(41)43(28-45(44)39-17-7-6-16-38(39)42)37-20-10-12-31-11-4-5-15-36(31)37/h1-28H. The van der Waals surface area contributed by atoms with Gasteiger partial charge in [0.25, 0.3) is 0 Å². The average molecular weight is 645 g/mol. The molecule has 2 heteroatoms. The van der Waals surface area contributed by atoms with Gasteiger partial charge in [0, 0.05) is 16.5 Å². The quantitative estimate of drug-likeness (QED) is 0.176. The molecule has 0 fully saturated rings. The minimum Gasteiger partial charge on any atom is -0.309 e. The summed E-state index contributed by atoms with van der Waals surface area (Å²) in [5, 5.41) is 24.7. The summed E-state index contributed by atoms with van der Waals surface area (Å²) in [7, 11) is 0. The Labute approximate surface area is 294 Å². The number of rotatable bonds is 3. The lowest BCUT2D eigenvalue weighted by molar-refractivity contribution is 1.18. The van der Waals surface area contributed by atoms with E-state index in [2.05, 4.69) is 168 Å². The summed E-state index contributed by atoms with van der Waals surface area (Å²) in [6, 6.07) is 64.0. The van der Waals surface area contributed by atoms with Crippen LogP contribution in [-0.2, 0) is 0 Å². The molecule has 0 radical (unpaired) electrons. The van der Waals surface area contributed by atoms with Crippen LogP contribution in [0.25, 0.3) is 104 Å². The van der Waals surface area contributed by atoms with Crippen molar-refractivity contribution in [1.82, 2.24) is 4.57 Å². The molecule has 1 aromatic heterocycles. The molecule has 0 amide bonds. The van der Waals surface area contributed by atoms with Gasteiger partial charge in [-0.05, 0) is 125 Å². The van der Waals surface area contributed by atoms with Crippen LogP contribution >= 0.6 is 0 Å². The first-order valence-corrected chi connectivity index (χ1v) is 17.4. The van der Waals surface area contributed by atoms with E-state index < -0.39 is 0 Å². The van der Waals surface area contributed by atoms with Gasteiger partial charge in [-0.1, -0.05) is 121 Å². The van der Waals surface area contributed by atoms with Crippen LogP contribution in [0.15, 0.2) is 170 Å². The molecule has 0 saturated heterocycles. The zero-order valence-corrected chi connectivity index (χ0v) is 27.6. The molecule has 2 nitrogen and oxygen atoms in total. The summed E-state index contributed by atoms with van der Waals surface area (Å²) < 4.78 is 2.34. The van der Waals surface area contributed by atoms with E-state index in [4.69, 9.17) is 0 Å². The average Bonchev–Trinajstić information content (AvgIpc) is 3.53. The van der Waals surface area contributed by atoms with Crippen LogP contribution in [0.4, 0.5) is 0 Å². The Morgan fingerprint density at radius 1 is 0.373 bits per heavy atom. The second kappa shape index (κ2) is 10.5. The van der Waals surface area contributed by atoms with Gasteiger partial charge in [-0.2, -0.15) is 5.26 Å². The Morgan fingerprint density at radius 3 is 1.67 bits per heavy atom. The first kappa shape index (κ1) is 27.9. The second-order valence-electron chi connectivity index (χ2n) is 13.6. The molecule has 0 aliphatic carbocycles. The van der Waals surface area contributed by atoms with Gasteiger partial charge in [-0.3, -0.25) is 0 Å². The highest BCUT2D eigenvalue weighted by atomic mass is 15.0. The van der Waals surface area contributed by atoms with Crippen molar-refractivity contribution in [3.63, 3.8) is 0 Å². The van der Waals surface area contributed by atoms with Crippen molar-refractivity contribution in [2.75, 3.05) is 0 Å².